The number of nitrogens with zero attached hydrogens (tertiary/aromatic N) is 3. The van der Waals surface area contributed by atoms with Crippen LogP contribution in [-0.4, -0.2) is 64.8 Å². The maximum atomic E-state index is 14.7. The number of aromatic amines is 1. The molecule has 2 atom stereocenters. The van der Waals surface area contributed by atoms with E-state index in [1.807, 2.05) is 6.92 Å². The molecule has 0 saturated heterocycles. The molecule has 2 aromatic heterocycles. The molecular weight excluding hydrogens is 664 g/mol. The number of imidazole rings is 1. The van der Waals surface area contributed by atoms with Gasteiger partial charge >= 0.3 is 6.09 Å². The number of rotatable bonds is 11. The number of aromatic nitrogens is 4. The van der Waals surface area contributed by atoms with Crippen LogP contribution in [0.3, 0.4) is 0 Å². The maximum absolute atomic E-state index is 14.7. The monoisotopic (exact) mass is 693 g/mol. The van der Waals surface area contributed by atoms with Crippen LogP contribution in [0.2, 0.25) is 5.02 Å². The molecule has 1 amide bonds. The zero-order valence-electron chi connectivity index (χ0n) is 22.0. The zero-order valence-corrected chi connectivity index (χ0v) is 25.8. The molecule has 1 aromatic carbocycles. The predicted molar refractivity (Wildman–Crippen MR) is 159 cm³/mol. The molecule has 39 heavy (non-hydrogen) atoms. The van der Waals surface area contributed by atoms with E-state index >= 15 is 0 Å². The van der Waals surface area contributed by atoms with Gasteiger partial charge in [0.1, 0.15) is 11.6 Å². The highest BCUT2D eigenvalue weighted by Crippen LogP contribution is 2.41. The van der Waals surface area contributed by atoms with E-state index in [-0.39, 0.29) is 33.7 Å². The van der Waals surface area contributed by atoms with Gasteiger partial charge in [-0.1, -0.05) is 48.0 Å². The highest BCUT2D eigenvalue weighted by atomic mass is 127. The number of anilines is 2. The molecule has 3 aromatic rings. The van der Waals surface area contributed by atoms with Crippen LogP contribution in [0.1, 0.15) is 33.0 Å². The van der Waals surface area contributed by atoms with Gasteiger partial charge in [0.2, 0.25) is 16.0 Å². The minimum Gasteiger partial charge on any atom is -0.453 e. The van der Waals surface area contributed by atoms with Crippen LogP contribution in [0, 0.1) is 5.82 Å². The molecule has 0 aliphatic rings. The number of alkyl carbamates (subject to hydrolysis) is 1. The molecule has 1 unspecified atom stereocenters. The number of ether oxygens (including phenoxy) is 1. The van der Waals surface area contributed by atoms with Crippen LogP contribution < -0.4 is 15.4 Å². The van der Waals surface area contributed by atoms with E-state index in [2.05, 4.69) is 64.6 Å². The Morgan fingerprint density at radius 2 is 2.05 bits per heavy atom. The maximum Gasteiger partial charge on any atom is 0.407 e. The summed E-state index contributed by atoms with van der Waals surface area (Å²) in [5, 5.41) is 5.70. The molecule has 212 valence electrons. The summed E-state index contributed by atoms with van der Waals surface area (Å²) in [6.07, 6.45) is 2.71. The van der Waals surface area contributed by atoms with Crippen molar-refractivity contribution in [2.45, 2.75) is 38.6 Å². The lowest BCUT2D eigenvalue weighted by Crippen LogP contribution is -2.37. The molecule has 0 radical (unpaired) electrons. The van der Waals surface area contributed by atoms with Crippen molar-refractivity contribution in [3.63, 3.8) is 0 Å². The summed E-state index contributed by atoms with van der Waals surface area (Å²) in [5.74, 6) is 0.233. The minimum absolute atomic E-state index is 0.0103. The number of hydrogen-bond donors (Lipinski definition) is 4. The number of nitrogens with one attached hydrogen (secondary N) is 4. The second-order valence-corrected chi connectivity index (χ2v) is 12.1. The number of amides is 1. The lowest BCUT2D eigenvalue weighted by molar-refractivity contribution is 0.168. The molecule has 0 saturated carbocycles. The molecule has 15 heteroatoms. The first kappa shape index (κ1) is 30.8. The van der Waals surface area contributed by atoms with Crippen molar-refractivity contribution in [2.75, 3.05) is 34.4 Å². The summed E-state index contributed by atoms with van der Waals surface area (Å²) in [7, 11) is -2.44. The number of sulfonamides is 1. The smallest absolute Gasteiger partial charge is 0.407 e. The van der Waals surface area contributed by atoms with Gasteiger partial charge in [0.15, 0.2) is 0 Å². The number of hydrogen-bond acceptors (Lipinski definition) is 8. The van der Waals surface area contributed by atoms with Crippen LogP contribution in [0.5, 0.6) is 0 Å². The van der Waals surface area contributed by atoms with Crippen LogP contribution in [0.15, 0.2) is 24.4 Å². The van der Waals surface area contributed by atoms with Gasteiger partial charge in [0.05, 0.1) is 41.2 Å². The SMILES string of the molecule is CCC(C)(CI)c1nc(-c2cc(F)cc(NS(C)(=O)=O)c2Cl)c(-c2ccnc(NC[C@H](C)NC(=O)OC)n2)[nH]1. The summed E-state index contributed by atoms with van der Waals surface area (Å²) < 4.78 is 46.1. The Labute approximate surface area is 245 Å². The summed E-state index contributed by atoms with van der Waals surface area (Å²) in [6, 6.07) is 3.60. The number of halogens is 3. The van der Waals surface area contributed by atoms with Crippen molar-refractivity contribution in [1.29, 1.82) is 0 Å². The van der Waals surface area contributed by atoms with Crippen LogP contribution >= 0.6 is 34.2 Å². The fourth-order valence-electron chi connectivity index (χ4n) is 3.54. The highest BCUT2D eigenvalue weighted by Gasteiger charge is 2.30. The van der Waals surface area contributed by atoms with Crippen LogP contribution in [0.4, 0.5) is 20.8 Å². The largest absolute Gasteiger partial charge is 0.453 e. The van der Waals surface area contributed by atoms with Crippen molar-refractivity contribution >= 4 is 61.9 Å². The molecule has 0 aliphatic carbocycles. The van der Waals surface area contributed by atoms with E-state index in [1.54, 1.807) is 19.2 Å². The Bertz CT molecular complexity index is 1450. The zero-order chi connectivity index (χ0) is 29.0. The van der Waals surface area contributed by atoms with Crippen LogP contribution in [0.25, 0.3) is 22.6 Å². The van der Waals surface area contributed by atoms with Gasteiger partial charge in [-0.25, -0.2) is 32.6 Å². The third-order valence-electron chi connectivity index (χ3n) is 5.97. The third-order valence-corrected chi connectivity index (χ3v) is 8.65. The second kappa shape index (κ2) is 12.6. The Morgan fingerprint density at radius 1 is 1.33 bits per heavy atom. The highest BCUT2D eigenvalue weighted by molar-refractivity contribution is 14.1. The van der Waals surface area contributed by atoms with E-state index in [9.17, 15) is 17.6 Å². The van der Waals surface area contributed by atoms with E-state index in [0.29, 0.717) is 29.5 Å². The fraction of sp³-hybridized carbons (Fsp3) is 0.417. The van der Waals surface area contributed by atoms with Gasteiger partial charge in [-0.15, -0.1) is 0 Å². The van der Waals surface area contributed by atoms with Crippen molar-refractivity contribution in [3.05, 3.63) is 41.1 Å². The first-order chi connectivity index (χ1) is 18.3. The average Bonchev–Trinajstić information content (AvgIpc) is 3.34. The Balaban J connectivity index is 2.12. The number of carbonyl (C=O) groups excluding carboxylic acids is 1. The molecule has 0 spiro atoms. The second-order valence-electron chi connectivity index (χ2n) is 9.23. The average molecular weight is 694 g/mol. The lowest BCUT2D eigenvalue weighted by atomic mass is 9.89. The van der Waals surface area contributed by atoms with Gasteiger partial charge in [-0.3, -0.25) is 4.72 Å². The summed E-state index contributed by atoms with van der Waals surface area (Å²) in [5.41, 5.74) is 0.953. The standard InChI is InChI=1S/C24H30ClFIN7O4S/c1-6-24(3,12-27)21-32-19(15-9-14(26)10-17(18(15)25)34-39(5,36)37)20(33-21)16-7-8-28-22(31-16)29-11-13(2)30-23(35)38-4/h7-10,13,34H,6,11-12H2,1-5H3,(H,30,35)(H,32,33)(H,28,29,31)/t13-,24?/m0/s1. The molecule has 0 bridgehead atoms. The molecule has 0 aliphatic heterocycles. The Hall–Kier alpha value is -2.72. The van der Waals surface area contributed by atoms with E-state index in [0.717, 1.165) is 23.2 Å². The van der Waals surface area contributed by atoms with E-state index in [4.69, 9.17) is 16.6 Å². The Morgan fingerprint density at radius 3 is 2.67 bits per heavy atom. The third kappa shape index (κ3) is 7.69. The van der Waals surface area contributed by atoms with Crippen molar-refractivity contribution < 1.29 is 22.3 Å². The summed E-state index contributed by atoms with van der Waals surface area (Å²) in [6.45, 7) is 6.20. The van der Waals surface area contributed by atoms with Gasteiger partial charge < -0.3 is 20.4 Å². The minimum atomic E-state index is -3.73. The first-order valence-electron chi connectivity index (χ1n) is 11.9. The summed E-state index contributed by atoms with van der Waals surface area (Å²) in [4.78, 5) is 28.5. The van der Waals surface area contributed by atoms with Gasteiger partial charge in [0.25, 0.3) is 0 Å². The number of carbonyl (C=O) groups is 1. The number of benzene rings is 1. The molecule has 0 fully saturated rings. The number of H-pyrrole nitrogens is 1. The van der Waals surface area contributed by atoms with E-state index in [1.165, 1.54) is 13.2 Å². The van der Waals surface area contributed by atoms with Crippen molar-refractivity contribution in [3.8, 4) is 22.6 Å². The molecule has 2 heterocycles. The Kier molecular flexibility index (Phi) is 9.98. The molecule has 4 N–H and O–H groups in total. The van der Waals surface area contributed by atoms with Gasteiger partial charge in [-0.05, 0) is 31.5 Å². The first-order valence-corrected chi connectivity index (χ1v) is 15.6. The molecule has 11 nitrogen and oxygen atoms in total. The van der Waals surface area contributed by atoms with E-state index < -0.39 is 21.9 Å². The topological polar surface area (TPSA) is 151 Å². The van der Waals surface area contributed by atoms with Crippen molar-refractivity contribution in [2.24, 2.45) is 0 Å². The van der Waals surface area contributed by atoms with Gasteiger partial charge in [0, 0.05) is 34.2 Å². The lowest BCUT2D eigenvalue weighted by Gasteiger charge is -2.22. The number of alkyl halides is 1. The predicted octanol–water partition coefficient (Wildman–Crippen LogP) is 4.96. The molecular formula is C24H30ClFIN7O4S. The number of methoxy groups -OCH3 is 1. The van der Waals surface area contributed by atoms with Crippen LogP contribution in [-0.2, 0) is 20.2 Å². The normalized spacial score (nSPS) is 13.8. The quantitative estimate of drug-likeness (QED) is 0.163. The molecule has 3 rings (SSSR count). The van der Waals surface area contributed by atoms with Gasteiger partial charge in [-0.2, -0.15) is 0 Å². The summed E-state index contributed by atoms with van der Waals surface area (Å²) >= 11 is 8.89. The van der Waals surface area contributed by atoms with Crippen molar-refractivity contribution in [1.82, 2.24) is 25.3 Å². The fourth-order valence-corrected chi connectivity index (χ4v) is 5.30.